The molecule has 2 nitrogen and oxygen atoms in total. The Balaban J connectivity index is 2.39. The molecule has 0 N–H and O–H groups in total. The van der Waals surface area contributed by atoms with Gasteiger partial charge in [-0.3, -0.25) is 4.79 Å². The lowest BCUT2D eigenvalue weighted by Gasteiger charge is -2.28. The fourth-order valence-corrected chi connectivity index (χ4v) is 1.62. The van der Waals surface area contributed by atoms with E-state index in [9.17, 15) is 4.79 Å². The molecular weight excluding hydrogens is 174 g/mol. The molecule has 1 rings (SSSR count). The summed E-state index contributed by atoms with van der Waals surface area (Å²) < 4.78 is 0. The van der Waals surface area contributed by atoms with Crippen LogP contribution in [0.5, 0.6) is 0 Å². The lowest BCUT2D eigenvalue weighted by Crippen LogP contribution is -2.39. The van der Waals surface area contributed by atoms with E-state index in [0.29, 0.717) is 5.88 Å². The molecule has 0 saturated carbocycles. The third kappa shape index (κ3) is 2.37. The van der Waals surface area contributed by atoms with Gasteiger partial charge in [0, 0.05) is 24.9 Å². The first-order valence-electron chi connectivity index (χ1n) is 4.60. The molecule has 1 heterocycles. The Hall–Kier alpha value is -0.240. The highest BCUT2D eigenvalue weighted by molar-refractivity contribution is 6.19. The maximum Gasteiger partial charge on any atom is 0.226 e. The van der Waals surface area contributed by atoms with Gasteiger partial charge in [-0.15, -0.1) is 11.6 Å². The monoisotopic (exact) mass is 189 g/mol. The van der Waals surface area contributed by atoms with E-state index in [1.807, 2.05) is 11.8 Å². The molecule has 70 valence electrons. The number of halogens is 1. The van der Waals surface area contributed by atoms with E-state index in [4.69, 9.17) is 11.6 Å². The number of alkyl halides is 1. The summed E-state index contributed by atoms with van der Waals surface area (Å²) in [5, 5.41) is 0. The van der Waals surface area contributed by atoms with Crippen LogP contribution in [0.25, 0.3) is 0 Å². The first-order valence-corrected chi connectivity index (χ1v) is 5.14. The predicted octanol–water partition coefficient (Wildman–Crippen LogP) is 1.87. The average Bonchev–Trinajstić information content (AvgIpc) is 2.17. The Bertz CT molecular complexity index is 155. The highest BCUT2D eigenvalue weighted by Gasteiger charge is 2.20. The smallest absolute Gasteiger partial charge is 0.226 e. The van der Waals surface area contributed by atoms with Gasteiger partial charge in [-0.05, 0) is 19.3 Å². The third-order valence-electron chi connectivity index (χ3n) is 2.32. The van der Waals surface area contributed by atoms with Crippen molar-refractivity contribution < 1.29 is 4.79 Å². The molecule has 0 radical (unpaired) electrons. The van der Waals surface area contributed by atoms with E-state index >= 15 is 0 Å². The highest BCUT2D eigenvalue weighted by atomic mass is 35.5. The SMILES string of the molecule is CC(CCl)C(=O)N1CCCCC1. The van der Waals surface area contributed by atoms with Crippen LogP contribution in [0, 0.1) is 5.92 Å². The fourth-order valence-electron chi connectivity index (χ4n) is 1.49. The van der Waals surface area contributed by atoms with Gasteiger partial charge >= 0.3 is 0 Å². The summed E-state index contributed by atoms with van der Waals surface area (Å²) in [6.45, 7) is 3.75. The van der Waals surface area contributed by atoms with Gasteiger partial charge in [0.25, 0.3) is 0 Å². The first-order chi connectivity index (χ1) is 5.75. The topological polar surface area (TPSA) is 20.3 Å². The number of piperidine rings is 1. The molecule has 0 aromatic rings. The number of rotatable bonds is 2. The number of nitrogens with zero attached hydrogens (tertiary/aromatic N) is 1. The minimum atomic E-state index is -0.00948. The second kappa shape index (κ2) is 4.70. The zero-order chi connectivity index (χ0) is 8.97. The average molecular weight is 190 g/mol. The van der Waals surface area contributed by atoms with Crippen molar-refractivity contribution in [3.63, 3.8) is 0 Å². The molecule has 1 amide bonds. The van der Waals surface area contributed by atoms with Crippen LogP contribution in [0.4, 0.5) is 0 Å². The number of carbonyl (C=O) groups is 1. The number of carbonyl (C=O) groups excluding carboxylic acids is 1. The summed E-state index contributed by atoms with van der Waals surface area (Å²) in [5.41, 5.74) is 0. The number of amides is 1. The molecule has 1 aliphatic heterocycles. The molecule has 0 spiro atoms. The Morgan fingerprint density at radius 2 is 2.00 bits per heavy atom. The summed E-state index contributed by atoms with van der Waals surface area (Å²) in [6.07, 6.45) is 3.57. The van der Waals surface area contributed by atoms with Gasteiger partial charge in [-0.2, -0.15) is 0 Å². The normalized spacial score (nSPS) is 20.7. The van der Waals surface area contributed by atoms with Crippen molar-refractivity contribution >= 4 is 17.5 Å². The quantitative estimate of drug-likeness (QED) is 0.608. The van der Waals surface area contributed by atoms with Crippen LogP contribution in [0.1, 0.15) is 26.2 Å². The van der Waals surface area contributed by atoms with Crippen LogP contribution in [0.15, 0.2) is 0 Å². The molecular formula is C9H16ClNO. The van der Waals surface area contributed by atoms with Crippen molar-refractivity contribution in [1.82, 2.24) is 4.90 Å². The largest absolute Gasteiger partial charge is 0.342 e. The van der Waals surface area contributed by atoms with Crippen molar-refractivity contribution in [2.24, 2.45) is 5.92 Å². The molecule has 0 aliphatic carbocycles. The molecule has 1 atom stereocenters. The standard InChI is InChI=1S/C9H16ClNO/c1-8(7-10)9(12)11-5-3-2-4-6-11/h8H,2-7H2,1H3. The van der Waals surface area contributed by atoms with Crippen LogP contribution < -0.4 is 0 Å². The molecule has 3 heteroatoms. The zero-order valence-electron chi connectivity index (χ0n) is 7.55. The molecule has 1 fully saturated rings. The number of likely N-dealkylation sites (tertiary alicyclic amines) is 1. The lowest BCUT2D eigenvalue weighted by atomic mass is 10.1. The van der Waals surface area contributed by atoms with Crippen LogP contribution in [0.3, 0.4) is 0 Å². The van der Waals surface area contributed by atoms with Crippen molar-refractivity contribution in [1.29, 1.82) is 0 Å². The number of hydrogen-bond donors (Lipinski definition) is 0. The van der Waals surface area contributed by atoms with Crippen LogP contribution in [-0.2, 0) is 4.79 Å². The van der Waals surface area contributed by atoms with Crippen molar-refractivity contribution in [3.05, 3.63) is 0 Å². The highest BCUT2D eigenvalue weighted by Crippen LogP contribution is 2.12. The maximum atomic E-state index is 11.6. The van der Waals surface area contributed by atoms with Crippen LogP contribution in [0.2, 0.25) is 0 Å². The Morgan fingerprint density at radius 1 is 1.42 bits per heavy atom. The second-order valence-electron chi connectivity index (χ2n) is 3.44. The minimum Gasteiger partial charge on any atom is -0.342 e. The van der Waals surface area contributed by atoms with Gasteiger partial charge in [0.1, 0.15) is 0 Å². The van der Waals surface area contributed by atoms with E-state index in [1.165, 1.54) is 6.42 Å². The van der Waals surface area contributed by atoms with E-state index in [1.54, 1.807) is 0 Å². The molecule has 0 aromatic carbocycles. The molecule has 1 unspecified atom stereocenters. The molecule has 0 aromatic heterocycles. The molecule has 1 aliphatic rings. The lowest BCUT2D eigenvalue weighted by molar-refractivity contribution is -0.135. The Morgan fingerprint density at radius 3 is 2.50 bits per heavy atom. The van der Waals surface area contributed by atoms with Gasteiger partial charge in [0.15, 0.2) is 0 Å². The number of hydrogen-bond acceptors (Lipinski definition) is 1. The first kappa shape index (κ1) is 9.85. The van der Waals surface area contributed by atoms with Crippen molar-refractivity contribution in [2.45, 2.75) is 26.2 Å². The van der Waals surface area contributed by atoms with Crippen LogP contribution >= 0.6 is 11.6 Å². The summed E-state index contributed by atoms with van der Waals surface area (Å²) in [5.74, 6) is 0.657. The van der Waals surface area contributed by atoms with Crippen molar-refractivity contribution in [2.75, 3.05) is 19.0 Å². The summed E-state index contributed by atoms with van der Waals surface area (Å²) in [4.78, 5) is 13.5. The molecule has 0 bridgehead atoms. The fraction of sp³-hybridized carbons (Fsp3) is 0.889. The van der Waals surface area contributed by atoms with Crippen LogP contribution in [-0.4, -0.2) is 29.8 Å². The van der Waals surface area contributed by atoms with Gasteiger partial charge in [0.2, 0.25) is 5.91 Å². The second-order valence-corrected chi connectivity index (χ2v) is 3.75. The van der Waals surface area contributed by atoms with Gasteiger partial charge < -0.3 is 4.90 Å². The predicted molar refractivity (Wildman–Crippen MR) is 50.3 cm³/mol. The molecule has 1 saturated heterocycles. The van der Waals surface area contributed by atoms with Gasteiger partial charge in [-0.1, -0.05) is 6.92 Å². The molecule has 12 heavy (non-hydrogen) atoms. The summed E-state index contributed by atoms with van der Waals surface area (Å²) >= 11 is 5.62. The van der Waals surface area contributed by atoms with E-state index in [-0.39, 0.29) is 11.8 Å². The van der Waals surface area contributed by atoms with E-state index in [2.05, 4.69) is 0 Å². The Kier molecular flexibility index (Phi) is 3.86. The van der Waals surface area contributed by atoms with E-state index in [0.717, 1.165) is 25.9 Å². The van der Waals surface area contributed by atoms with Gasteiger partial charge in [-0.25, -0.2) is 0 Å². The third-order valence-corrected chi connectivity index (χ3v) is 2.78. The summed E-state index contributed by atoms with van der Waals surface area (Å²) in [7, 11) is 0. The zero-order valence-corrected chi connectivity index (χ0v) is 8.31. The minimum absolute atomic E-state index is 0.00948. The van der Waals surface area contributed by atoms with Gasteiger partial charge in [0.05, 0.1) is 0 Å². The van der Waals surface area contributed by atoms with E-state index < -0.39 is 0 Å². The maximum absolute atomic E-state index is 11.6. The van der Waals surface area contributed by atoms with Crippen molar-refractivity contribution in [3.8, 4) is 0 Å². The summed E-state index contributed by atoms with van der Waals surface area (Å²) in [6, 6.07) is 0. The Labute approximate surface area is 78.9 Å².